The highest BCUT2D eigenvalue weighted by molar-refractivity contribution is 5.96. The van der Waals surface area contributed by atoms with Crippen molar-refractivity contribution >= 4 is 11.8 Å². The highest BCUT2D eigenvalue weighted by atomic mass is 19.1. The Morgan fingerprint density at radius 3 is 2.24 bits per heavy atom. The Morgan fingerprint density at radius 2 is 1.63 bits per heavy atom. The summed E-state index contributed by atoms with van der Waals surface area (Å²) in [7, 11) is 0. The average molecular weight is 558 g/mol. The zero-order valence-corrected chi connectivity index (χ0v) is 22.8. The average Bonchev–Trinajstić information content (AvgIpc) is 3.02. The van der Waals surface area contributed by atoms with E-state index in [4.69, 9.17) is 5.26 Å². The minimum Gasteiger partial charge on any atom is -0.348 e. The molecule has 7 nitrogen and oxygen atoms in total. The van der Waals surface area contributed by atoms with Gasteiger partial charge in [-0.05, 0) is 79.1 Å². The van der Waals surface area contributed by atoms with Crippen LogP contribution in [0.4, 0.5) is 8.78 Å². The van der Waals surface area contributed by atoms with Crippen LogP contribution in [0.5, 0.6) is 0 Å². The number of carbonyl (C=O) groups excluding carboxylic acids is 2. The molecule has 2 aliphatic rings. The Labute approximate surface area is 238 Å². The van der Waals surface area contributed by atoms with E-state index >= 15 is 0 Å². The largest absolute Gasteiger partial charge is 0.348 e. The quantitative estimate of drug-likeness (QED) is 0.439. The highest BCUT2D eigenvalue weighted by Gasteiger charge is 2.30. The molecule has 0 saturated carbocycles. The number of hydrogen-bond donors (Lipinski definition) is 1. The number of amides is 2. The van der Waals surface area contributed by atoms with Gasteiger partial charge in [-0.15, -0.1) is 0 Å². The molecule has 1 atom stereocenters. The van der Waals surface area contributed by atoms with Gasteiger partial charge < -0.3 is 10.2 Å². The lowest BCUT2D eigenvalue weighted by atomic mass is 9.88. The third-order valence-corrected chi connectivity index (χ3v) is 8.08. The van der Waals surface area contributed by atoms with Crippen molar-refractivity contribution < 1.29 is 18.4 Å². The molecule has 0 spiro atoms. The SMILES string of the molecule is N#Cc1ccc(CN2CCC(NC(=O)c3ccc(C(=O)N4CCC(C(F)c5ccc(F)cc5)CC4)cn3)CC2)cc1. The Balaban J connectivity index is 1.06. The molecule has 0 bridgehead atoms. The van der Waals surface area contributed by atoms with Crippen molar-refractivity contribution in [3.8, 4) is 6.07 Å². The van der Waals surface area contributed by atoms with E-state index < -0.39 is 12.0 Å². The van der Waals surface area contributed by atoms with Crippen LogP contribution in [-0.4, -0.2) is 58.8 Å². The number of piperidine rings is 2. The van der Waals surface area contributed by atoms with Crippen LogP contribution in [0.2, 0.25) is 0 Å². The van der Waals surface area contributed by atoms with Crippen molar-refractivity contribution in [2.24, 2.45) is 5.92 Å². The molecule has 2 aliphatic heterocycles. The summed E-state index contributed by atoms with van der Waals surface area (Å²) in [5.74, 6) is -1.06. The highest BCUT2D eigenvalue weighted by Crippen LogP contribution is 2.34. The molecule has 1 N–H and O–H groups in total. The molecule has 5 rings (SSSR count). The van der Waals surface area contributed by atoms with Crippen LogP contribution in [0.3, 0.4) is 0 Å². The predicted molar refractivity (Wildman–Crippen MR) is 150 cm³/mol. The van der Waals surface area contributed by atoms with Crippen LogP contribution in [0.25, 0.3) is 0 Å². The van der Waals surface area contributed by atoms with E-state index in [0.717, 1.165) is 38.0 Å². The van der Waals surface area contributed by atoms with Gasteiger partial charge in [0.1, 0.15) is 17.7 Å². The second kappa shape index (κ2) is 13.0. The Bertz CT molecular complexity index is 1370. The van der Waals surface area contributed by atoms with Gasteiger partial charge >= 0.3 is 0 Å². The van der Waals surface area contributed by atoms with Crippen molar-refractivity contribution in [3.05, 3.63) is 101 Å². The normalized spacial score (nSPS) is 17.5. The number of nitriles is 1. The molecule has 2 amide bonds. The molecule has 1 unspecified atom stereocenters. The maximum atomic E-state index is 14.9. The molecule has 9 heteroatoms. The number of aromatic nitrogens is 1. The van der Waals surface area contributed by atoms with Gasteiger partial charge in [0.25, 0.3) is 11.8 Å². The smallest absolute Gasteiger partial charge is 0.270 e. The maximum absolute atomic E-state index is 14.9. The molecule has 0 aliphatic carbocycles. The number of halogens is 2. The van der Waals surface area contributed by atoms with Gasteiger partial charge in [0.2, 0.25) is 0 Å². The lowest BCUT2D eigenvalue weighted by molar-refractivity contribution is 0.0628. The van der Waals surface area contributed by atoms with Gasteiger partial charge in [0.05, 0.1) is 17.2 Å². The second-order valence-electron chi connectivity index (χ2n) is 10.8. The minimum absolute atomic E-state index is 0.0540. The summed E-state index contributed by atoms with van der Waals surface area (Å²) in [5.41, 5.74) is 2.93. The van der Waals surface area contributed by atoms with Gasteiger partial charge in [-0.25, -0.2) is 8.78 Å². The van der Waals surface area contributed by atoms with E-state index in [2.05, 4.69) is 21.3 Å². The molecular formula is C32H33F2N5O2. The monoisotopic (exact) mass is 557 g/mol. The summed E-state index contributed by atoms with van der Waals surface area (Å²) < 4.78 is 28.1. The number of hydrogen-bond acceptors (Lipinski definition) is 5. The summed E-state index contributed by atoms with van der Waals surface area (Å²) in [6.45, 7) is 3.38. The van der Waals surface area contributed by atoms with Gasteiger partial charge in [0.15, 0.2) is 0 Å². The van der Waals surface area contributed by atoms with Crippen molar-refractivity contribution in [1.82, 2.24) is 20.1 Å². The van der Waals surface area contributed by atoms with Crippen molar-refractivity contribution in [2.45, 2.75) is 44.4 Å². The van der Waals surface area contributed by atoms with E-state index in [-0.39, 0.29) is 29.5 Å². The van der Waals surface area contributed by atoms with Crippen LogP contribution >= 0.6 is 0 Å². The van der Waals surface area contributed by atoms with Crippen molar-refractivity contribution in [3.63, 3.8) is 0 Å². The Kier molecular flexibility index (Phi) is 9.00. The summed E-state index contributed by atoms with van der Waals surface area (Å²) in [6.07, 6.45) is 2.93. The van der Waals surface area contributed by atoms with E-state index in [1.165, 1.54) is 30.5 Å². The van der Waals surface area contributed by atoms with Crippen LogP contribution in [0.1, 0.15) is 69.4 Å². The standard InChI is InChI=1S/C32H33F2N5O2/c33-27-8-5-24(6-9-27)30(34)25-11-17-39(18-12-25)32(41)26-7-10-29(36-20-26)31(40)37-28-13-15-38(16-14-28)21-23-3-1-22(19-35)2-4-23/h1-10,20,25,28,30H,11-18,21H2,(H,37,40). The lowest BCUT2D eigenvalue weighted by Gasteiger charge is -2.33. The maximum Gasteiger partial charge on any atom is 0.270 e. The lowest BCUT2D eigenvalue weighted by Crippen LogP contribution is -2.44. The Hall–Kier alpha value is -4.16. The number of rotatable bonds is 7. The summed E-state index contributed by atoms with van der Waals surface area (Å²) in [6, 6.07) is 18.5. The van der Waals surface area contributed by atoms with Crippen molar-refractivity contribution in [2.75, 3.05) is 26.2 Å². The molecule has 2 fully saturated rings. The fourth-order valence-electron chi connectivity index (χ4n) is 5.59. The summed E-state index contributed by atoms with van der Waals surface area (Å²) >= 11 is 0. The predicted octanol–water partition coefficient (Wildman–Crippen LogP) is 5.05. The third-order valence-electron chi connectivity index (χ3n) is 8.08. The molecular weight excluding hydrogens is 524 g/mol. The van der Waals surface area contributed by atoms with Crippen molar-refractivity contribution in [1.29, 1.82) is 5.26 Å². The zero-order valence-electron chi connectivity index (χ0n) is 22.8. The number of carbonyl (C=O) groups is 2. The van der Waals surface area contributed by atoms with Gasteiger partial charge in [-0.1, -0.05) is 24.3 Å². The van der Waals surface area contributed by atoms with E-state index in [0.29, 0.717) is 42.6 Å². The molecule has 3 heterocycles. The van der Waals surface area contributed by atoms with Crippen LogP contribution in [0, 0.1) is 23.1 Å². The van der Waals surface area contributed by atoms with Crippen LogP contribution in [0.15, 0.2) is 66.9 Å². The second-order valence-corrected chi connectivity index (χ2v) is 10.8. The number of alkyl halides is 1. The molecule has 41 heavy (non-hydrogen) atoms. The first-order valence-corrected chi connectivity index (χ1v) is 14.1. The van der Waals surface area contributed by atoms with Gasteiger partial charge in [-0.2, -0.15) is 5.26 Å². The topological polar surface area (TPSA) is 89.3 Å². The van der Waals surface area contributed by atoms with Crippen LogP contribution < -0.4 is 5.32 Å². The summed E-state index contributed by atoms with van der Waals surface area (Å²) in [5, 5.41) is 12.0. The molecule has 0 radical (unpaired) electrons. The third kappa shape index (κ3) is 7.14. The molecule has 212 valence electrons. The number of pyridine rings is 1. The van der Waals surface area contributed by atoms with E-state index in [9.17, 15) is 18.4 Å². The van der Waals surface area contributed by atoms with Gasteiger partial charge in [0, 0.05) is 45.0 Å². The first kappa shape index (κ1) is 28.4. The first-order valence-electron chi connectivity index (χ1n) is 14.1. The van der Waals surface area contributed by atoms with Gasteiger partial charge in [-0.3, -0.25) is 19.5 Å². The fourth-order valence-corrected chi connectivity index (χ4v) is 5.59. The summed E-state index contributed by atoms with van der Waals surface area (Å²) in [4.78, 5) is 34.1. The van der Waals surface area contributed by atoms with Crippen LogP contribution in [-0.2, 0) is 6.54 Å². The minimum atomic E-state index is -1.19. The molecule has 1 aromatic heterocycles. The molecule has 3 aromatic rings. The number of nitrogens with one attached hydrogen (secondary N) is 1. The molecule has 2 aromatic carbocycles. The number of nitrogens with zero attached hydrogens (tertiary/aromatic N) is 4. The number of benzene rings is 2. The van der Waals surface area contributed by atoms with E-state index in [1.807, 2.05) is 24.3 Å². The Morgan fingerprint density at radius 1 is 0.951 bits per heavy atom. The first-order chi connectivity index (χ1) is 19.9. The fraction of sp³-hybridized carbons (Fsp3) is 0.375. The van der Waals surface area contributed by atoms with E-state index in [1.54, 1.807) is 17.0 Å². The zero-order chi connectivity index (χ0) is 28.8. The molecule has 2 saturated heterocycles. The number of likely N-dealkylation sites (tertiary alicyclic amines) is 2.